The molecule has 2 amide bonds. The molecule has 1 unspecified atom stereocenters. The van der Waals surface area contributed by atoms with Crippen molar-refractivity contribution in [2.75, 3.05) is 20.4 Å². The molecule has 0 saturated carbocycles. The van der Waals surface area contributed by atoms with Gasteiger partial charge in [-0.3, -0.25) is 4.79 Å². The number of alkyl carbamates (subject to hydrolysis) is 1. The van der Waals surface area contributed by atoms with Crippen molar-refractivity contribution in [2.45, 2.75) is 52.2 Å². The zero-order chi connectivity index (χ0) is 19.3. The maximum atomic E-state index is 12.3. The average Bonchev–Trinajstić information content (AvgIpc) is 2.97. The van der Waals surface area contributed by atoms with E-state index in [2.05, 4.69) is 5.32 Å². The van der Waals surface area contributed by atoms with E-state index in [9.17, 15) is 9.59 Å². The Bertz CT molecular complexity index is 654. The standard InChI is InChI=1S/C19H28N2O5/c1-13(20-18(23)26-19(2,3)4)11-21(5)17(22)9-7-14-6-8-15-16(10-14)25-12-24-15/h6,8,10,13H,7,9,11-12H2,1-5H3,(H,20,23). The van der Waals surface area contributed by atoms with Gasteiger partial charge in [0.2, 0.25) is 12.7 Å². The number of fused-ring (bicyclic) bond motifs is 1. The number of likely N-dealkylation sites (N-methyl/N-ethyl adjacent to an activating group) is 1. The van der Waals surface area contributed by atoms with Gasteiger partial charge >= 0.3 is 6.09 Å². The third-order valence-electron chi connectivity index (χ3n) is 3.80. The van der Waals surface area contributed by atoms with Gasteiger partial charge in [0, 0.05) is 26.1 Å². The number of carbonyl (C=O) groups excluding carboxylic acids is 2. The van der Waals surface area contributed by atoms with Crippen molar-refractivity contribution in [3.8, 4) is 11.5 Å². The number of hydrogen-bond donors (Lipinski definition) is 1. The molecule has 0 saturated heterocycles. The second kappa shape index (κ2) is 8.29. The largest absolute Gasteiger partial charge is 0.454 e. The quantitative estimate of drug-likeness (QED) is 0.840. The van der Waals surface area contributed by atoms with E-state index in [-0.39, 0.29) is 18.7 Å². The molecule has 1 atom stereocenters. The highest BCUT2D eigenvalue weighted by atomic mass is 16.7. The monoisotopic (exact) mass is 364 g/mol. The molecule has 1 aromatic carbocycles. The molecule has 1 aliphatic heterocycles. The van der Waals surface area contributed by atoms with Crippen LogP contribution in [0.15, 0.2) is 18.2 Å². The number of ether oxygens (including phenoxy) is 3. The number of aryl methyl sites for hydroxylation is 1. The molecule has 0 radical (unpaired) electrons. The zero-order valence-electron chi connectivity index (χ0n) is 16.1. The van der Waals surface area contributed by atoms with Crippen molar-refractivity contribution in [1.29, 1.82) is 0 Å². The topological polar surface area (TPSA) is 77.1 Å². The van der Waals surface area contributed by atoms with E-state index in [1.54, 1.807) is 11.9 Å². The van der Waals surface area contributed by atoms with E-state index in [0.29, 0.717) is 19.4 Å². The van der Waals surface area contributed by atoms with Gasteiger partial charge in [-0.1, -0.05) is 6.07 Å². The van der Waals surface area contributed by atoms with Crippen LogP contribution < -0.4 is 14.8 Å². The Morgan fingerprint density at radius 2 is 1.96 bits per heavy atom. The highest BCUT2D eigenvalue weighted by Gasteiger charge is 2.20. The number of amides is 2. The van der Waals surface area contributed by atoms with Gasteiger partial charge in [0.05, 0.1) is 0 Å². The second-order valence-electron chi connectivity index (χ2n) is 7.51. The van der Waals surface area contributed by atoms with Gasteiger partial charge in [-0.15, -0.1) is 0 Å². The van der Waals surface area contributed by atoms with Gasteiger partial charge < -0.3 is 24.4 Å². The highest BCUT2D eigenvalue weighted by molar-refractivity contribution is 5.76. The smallest absolute Gasteiger partial charge is 0.407 e. The first-order chi connectivity index (χ1) is 12.1. The minimum atomic E-state index is -0.545. The molecular weight excluding hydrogens is 336 g/mol. The molecule has 2 rings (SSSR count). The summed E-state index contributed by atoms with van der Waals surface area (Å²) in [5.41, 5.74) is 0.479. The Morgan fingerprint density at radius 1 is 1.27 bits per heavy atom. The van der Waals surface area contributed by atoms with Crippen molar-refractivity contribution >= 4 is 12.0 Å². The molecule has 0 fully saturated rings. The number of hydrogen-bond acceptors (Lipinski definition) is 5. The number of nitrogens with zero attached hydrogens (tertiary/aromatic N) is 1. The predicted molar refractivity (Wildman–Crippen MR) is 97.4 cm³/mol. The van der Waals surface area contributed by atoms with Gasteiger partial charge in [0.1, 0.15) is 5.60 Å². The molecule has 0 bridgehead atoms. The summed E-state index contributed by atoms with van der Waals surface area (Å²) >= 11 is 0. The Labute approximate surface area is 154 Å². The van der Waals surface area contributed by atoms with Crippen LogP contribution in [-0.2, 0) is 16.0 Å². The van der Waals surface area contributed by atoms with Crippen LogP contribution in [0.25, 0.3) is 0 Å². The SMILES string of the molecule is CC(CN(C)C(=O)CCc1ccc2c(c1)OCO2)NC(=O)OC(C)(C)C. The van der Waals surface area contributed by atoms with Crippen LogP contribution in [-0.4, -0.2) is 48.9 Å². The van der Waals surface area contributed by atoms with Crippen molar-refractivity contribution < 1.29 is 23.8 Å². The Hall–Kier alpha value is -2.44. The summed E-state index contributed by atoms with van der Waals surface area (Å²) < 4.78 is 15.8. The molecule has 144 valence electrons. The van der Waals surface area contributed by atoms with Crippen LogP contribution in [0, 0.1) is 0 Å². The molecule has 0 aliphatic carbocycles. The normalized spacial score (nSPS) is 13.9. The summed E-state index contributed by atoms with van der Waals surface area (Å²) in [7, 11) is 1.73. The minimum Gasteiger partial charge on any atom is -0.454 e. The van der Waals surface area contributed by atoms with Crippen LogP contribution >= 0.6 is 0 Å². The zero-order valence-corrected chi connectivity index (χ0v) is 16.1. The first-order valence-corrected chi connectivity index (χ1v) is 8.76. The van der Waals surface area contributed by atoms with Gasteiger partial charge in [-0.2, -0.15) is 0 Å². The summed E-state index contributed by atoms with van der Waals surface area (Å²) in [5.74, 6) is 1.47. The maximum absolute atomic E-state index is 12.3. The molecular formula is C19H28N2O5. The number of nitrogens with one attached hydrogen (secondary N) is 1. The average molecular weight is 364 g/mol. The summed E-state index contributed by atoms with van der Waals surface area (Å²) in [4.78, 5) is 25.7. The van der Waals surface area contributed by atoms with E-state index in [0.717, 1.165) is 17.1 Å². The summed E-state index contributed by atoms with van der Waals surface area (Å²) in [6.07, 6.45) is 0.523. The van der Waals surface area contributed by atoms with E-state index in [1.165, 1.54) is 0 Å². The number of rotatable bonds is 6. The van der Waals surface area contributed by atoms with Crippen molar-refractivity contribution in [3.63, 3.8) is 0 Å². The van der Waals surface area contributed by atoms with Gasteiger partial charge in [0.15, 0.2) is 11.5 Å². The van der Waals surface area contributed by atoms with E-state index < -0.39 is 11.7 Å². The van der Waals surface area contributed by atoms with Crippen LogP contribution in [0.3, 0.4) is 0 Å². The molecule has 0 aromatic heterocycles. The molecule has 7 nitrogen and oxygen atoms in total. The Kier molecular flexibility index (Phi) is 6.34. The van der Waals surface area contributed by atoms with Crippen molar-refractivity contribution in [2.24, 2.45) is 0 Å². The lowest BCUT2D eigenvalue weighted by Crippen LogP contribution is -2.44. The summed E-state index contributed by atoms with van der Waals surface area (Å²) in [6, 6.07) is 5.50. The van der Waals surface area contributed by atoms with Crippen LogP contribution in [0.1, 0.15) is 39.7 Å². The van der Waals surface area contributed by atoms with E-state index in [4.69, 9.17) is 14.2 Å². The molecule has 7 heteroatoms. The molecule has 1 aliphatic rings. The Balaban J connectivity index is 1.75. The predicted octanol–water partition coefficient (Wildman–Crippen LogP) is 2.72. The van der Waals surface area contributed by atoms with Gasteiger partial charge in [0.25, 0.3) is 0 Å². The Morgan fingerprint density at radius 3 is 2.65 bits per heavy atom. The van der Waals surface area contributed by atoms with E-state index >= 15 is 0 Å². The lowest BCUT2D eigenvalue weighted by atomic mass is 10.1. The van der Waals surface area contributed by atoms with Crippen molar-refractivity contribution in [1.82, 2.24) is 10.2 Å². The first-order valence-electron chi connectivity index (χ1n) is 8.76. The van der Waals surface area contributed by atoms with E-state index in [1.807, 2.05) is 45.9 Å². The summed E-state index contributed by atoms with van der Waals surface area (Å²) in [6.45, 7) is 7.92. The lowest BCUT2D eigenvalue weighted by Gasteiger charge is -2.25. The van der Waals surface area contributed by atoms with Crippen LogP contribution in [0.2, 0.25) is 0 Å². The highest BCUT2D eigenvalue weighted by Crippen LogP contribution is 2.32. The van der Waals surface area contributed by atoms with Crippen molar-refractivity contribution in [3.05, 3.63) is 23.8 Å². The fraction of sp³-hybridized carbons (Fsp3) is 0.579. The number of benzene rings is 1. The van der Waals surface area contributed by atoms with Gasteiger partial charge in [-0.05, 0) is 51.8 Å². The third kappa shape index (κ3) is 6.13. The maximum Gasteiger partial charge on any atom is 0.407 e. The second-order valence-corrected chi connectivity index (χ2v) is 7.51. The molecule has 26 heavy (non-hydrogen) atoms. The molecule has 0 spiro atoms. The number of carbonyl (C=O) groups is 2. The summed E-state index contributed by atoms with van der Waals surface area (Å²) in [5, 5.41) is 2.74. The fourth-order valence-electron chi connectivity index (χ4n) is 2.61. The first kappa shape index (κ1) is 19.9. The van der Waals surface area contributed by atoms with Crippen LogP contribution in [0.4, 0.5) is 4.79 Å². The minimum absolute atomic E-state index is 0.0144. The fourth-order valence-corrected chi connectivity index (χ4v) is 2.61. The van der Waals surface area contributed by atoms with Crippen LogP contribution in [0.5, 0.6) is 11.5 Å². The third-order valence-corrected chi connectivity index (χ3v) is 3.80. The lowest BCUT2D eigenvalue weighted by molar-refractivity contribution is -0.130. The molecule has 1 aromatic rings. The molecule has 1 N–H and O–H groups in total. The molecule has 1 heterocycles. The van der Waals surface area contributed by atoms with Gasteiger partial charge in [-0.25, -0.2) is 4.79 Å².